The second-order valence-corrected chi connectivity index (χ2v) is 6.80. The van der Waals surface area contributed by atoms with Gasteiger partial charge in [-0.3, -0.25) is 8.98 Å². The first-order valence-corrected chi connectivity index (χ1v) is 9.73. The van der Waals surface area contributed by atoms with Crippen molar-refractivity contribution in [3.8, 4) is 0 Å². The predicted molar refractivity (Wildman–Crippen MR) is 86.6 cm³/mol. The van der Waals surface area contributed by atoms with Crippen LogP contribution in [0.2, 0.25) is 0 Å². The van der Waals surface area contributed by atoms with Gasteiger partial charge in [0.2, 0.25) is 5.91 Å². The third kappa shape index (κ3) is 14.3. The molecule has 0 spiro atoms. The van der Waals surface area contributed by atoms with Crippen LogP contribution in [0, 0.1) is 0 Å². The minimum absolute atomic E-state index is 0.128. The van der Waals surface area contributed by atoms with Crippen LogP contribution in [0.4, 0.5) is 0 Å². The van der Waals surface area contributed by atoms with Crippen LogP contribution in [0.3, 0.4) is 0 Å². The van der Waals surface area contributed by atoms with Crippen molar-refractivity contribution in [2.24, 2.45) is 0 Å². The highest BCUT2D eigenvalue weighted by atomic mass is 32.2. The second kappa shape index (κ2) is 14.0. The zero-order valence-electron chi connectivity index (χ0n) is 13.7. The van der Waals surface area contributed by atoms with Gasteiger partial charge in [-0.15, -0.1) is 0 Å². The normalized spacial score (nSPS) is 11.5. The van der Waals surface area contributed by atoms with E-state index in [-0.39, 0.29) is 26.1 Å². The Morgan fingerprint density at radius 3 is 2.05 bits per heavy atom. The summed E-state index contributed by atoms with van der Waals surface area (Å²) in [5, 5.41) is 8.53. The molecule has 2 N–H and O–H groups in total. The summed E-state index contributed by atoms with van der Waals surface area (Å²) in [6.07, 6.45) is 10.7. The lowest BCUT2D eigenvalue weighted by molar-refractivity contribution is -0.119. The van der Waals surface area contributed by atoms with Crippen LogP contribution in [-0.2, 0) is 19.3 Å². The lowest BCUT2D eigenvalue weighted by atomic mass is 10.1. The maximum absolute atomic E-state index is 11.5. The van der Waals surface area contributed by atoms with Crippen LogP contribution in [-0.4, -0.2) is 32.6 Å². The largest absolute Gasteiger partial charge is 0.396 e. The van der Waals surface area contributed by atoms with Gasteiger partial charge in [0.15, 0.2) is 0 Å². The zero-order valence-corrected chi connectivity index (χ0v) is 14.5. The third-order valence-electron chi connectivity index (χ3n) is 3.29. The summed E-state index contributed by atoms with van der Waals surface area (Å²) in [7, 11) is -4.02. The molecule has 132 valence electrons. The first-order chi connectivity index (χ1) is 10.5. The molecule has 0 radical (unpaired) electrons. The van der Waals surface area contributed by atoms with Crippen molar-refractivity contribution >= 4 is 16.2 Å². The number of hydrogen-bond donors (Lipinski definition) is 2. The number of unbranched alkanes of at least 4 members (excludes halogenated alkanes) is 8. The van der Waals surface area contributed by atoms with Crippen LogP contribution in [0.5, 0.6) is 0 Å². The van der Waals surface area contributed by atoms with E-state index in [9.17, 15) is 13.2 Å². The summed E-state index contributed by atoms with van der Waals surface area (Å²) >= 11 is 0. The van der Waals surface area contributed by atoms with Crippen molar-refractivity contribution in [3.05, 3.63) is 0 Å². The van der Waals surface area contributed by atoms with Crippen molar-refractivity contribution < 1.29 is 22.5 Å². The van der Waals surface area contributed by atoms with E-state index in [1.807, 2.05) is 4.72 Å². The predicted octanol–water partition coefficient (Wildman–Crippen LogP) is 2.67. The maximum atomic E-state index is 11.5. The third-order valence-corrected chi connectivity index (χ3v) is 4.24. The van der Waals surface area contributed by atoms with Gasteiger partial charge < -0.3 is 5.11 Å². The van der Waals surface area contributed by atoms with Gasteiger partial charge in [-0.2, -0.15) is 8.42 Å². The Balaban J connectivity index is 3.53. The topological polar surface area (TPSA) is 92.7 Å². The average Bonchev–Trinajstić information content (AvgIpc) is 2.45. The molecule has 0 fully saturated rings. The Hall–Kier alpha value is -0.660. The lowest BCUT2D eigenvalue weighted by Crippen LogP contribution is -2.32. The van der Waals surface area contributed by atoms with Gasteiger partial charge in [0.05, 0.1) is 6.61 Å². The fraction of sp³-hybridized carbons (Fsp3) is 0.933. The quantitative estimate of drug-likeness (QED) is 0.448. The summed E-state index contributed by atoms with van der Waals surface area (Å²) < 4.78 is 29.1. The average molecular weight is 337 g/mol. The number of carbonyl (C=O) groups is 1. The summed E-state index contributed by atoms with van der Waals surface area (Å²) in [5.41, 5.74) is 0. The molecule has 0 heterocycles. The van der Waals surface area contributed by atoms with Crippen molar-refractivity contribution in [2.75, 3.05) is 13.2 Å². The standard InChI is InChI=1S/C15H31NO5S/c1-2-3-4-5-6-7-8-9-10-12-15(18)16-22(19,20)21-14-11-13-17/h17H,2-14H2,1H3,(H,16,18). The van der Waals surface area contributed by atoms with Crippen molar-refractivity contribution in [2.45, 2.75) is 77.6 Å². The Labute approximate surface area is 134 Å². The van der Waals surface area contributed by atoms with E-state index in [1.165, 1.54) is 38.5 Å². The first-order valence-electron chi connectivity index (χ1n) is 8.32. The number of aliphatic hydroxyl groups excluding tert-OH is 1. The van der Waals surface area contributed by atoms with E-state index in [4.69, 9.17) is 5.11 Å². The van der Waals surface area contributed by atoms with Gasteiger partial charge in [0, 0.05) is 13.0 Å². The molecule has 0 unspecified atom stereocenters. The summed E-state index contributed by atoms with van der Waals surface area (Å²) in [4.78, 5) is 11.5. The molecule has 0 aromatic heterocycles. The van der Waals surface area contributed by atoms with Crippen LogP contribution in [0.15, 0.2) is 0 Å². The van der Waals surface area contributed by atoms with E-state index in [1.54, 1.807) is 0 Å². The van der Waals surface area contributed by atoms with Crippen molar-refractivity contribution in [3.63, 3.8) is 0 Å². The summed E-state index contributed by atoms with van der Waals surface area (Å²) in [5.74, 6) is -0.535. The van der Waals surface area contributed by atoms with Crippen LogP contribution in [0.25, 0.3) is 0 Å². The SMILES string of the molecule is CCCCCCCCCCCC(=O)NS(=O)(=O)OCCCO. The fourth-order valence-corrected chi connectivity index (χ4v) is 2.83. The number of aliphatic hydroxyl groups is 1. The monoisotopic (exact) mass is 337 g/mol. The zero-order chi connectivity index (χ0) is 16.7. The van der Waals surface area contributed by atoms with Gasteiger partial charge in [-0.05, 0) is 12.8 Å². The highest BCUT2D eigenvalue weighted by Crippen LogP contribution is 2.10. The van der Waals surface area contributed by atoms with E-state index in [0.717, 1.165) is 12.8 Å². The van der Waals surface area contributed by atoms with Crippen molar-refractivity contribution in [1.82, 2.24) is 4.72 Å². The van der Waals surface area contributed by atoms with Crippen LogP contribution >= 0.6 is 0 Å². The molecule has 6 nitrogen and oxygen atoms in total. The molecule has 1 amide bonds. The van der Waals surface area contributed by atoms with E-state index < -0.39 is 16.2 Å². The molecule has 0 bridgehead atoms. The Morgan fingerprint density at radius 2 is 1.50 bits per heavy atom. The lowest BCUT2D eigenvalue weighted by Gasteiger charge is -2.06. The Kier molecular flexibility index (Phi) is 13.5. The first kappa shape index (κ1) is 21.3. The molecule has 0 aliphatic heterocycles. The highest BCUT2D eigenvalue weighted by Gasteiger charge is 2.14. The van der Waals surface area contributed by atoms with E-state index in [2.05, 4.69) is 11.1 Å². The molecule has 0 atom stereocenters. The summed E-state index contributed by atoms with van der Waals surface area (Å²) in [6.45, 7) is 1.92. The number of amides is 1. The smallest absolute Gasteiger partial charge is 0.362 e. The molecule has 0 rings (SSSR count). The van der Waals surface area contributed by atoms with Gasteiger partial charge in [-0.25, -0.2) is 4.72 Å². The molecule has 7 heteroatoms. The van der Waals surface area contributed by atoms with E-state index >= 15 is 0 Å². The summed E-state index contributed by atoms with van der Waals surface area (Å²) in [6, 6.07) is 0. The fourth-order valence-electron chi connectivity index (χ4n) is 2.05. The van der Waals surface area contributed by atoms with Gasteiger partial charge in [-0.1, -0.05) is 58.3 Å². The van der Waals surface area contributed by atoms with Gasteiger partial charge in [0.1, 0.15) is 0 Å². The second-order valence-electron chi connectivity index (χ2n) is 5.46. The molecule has 22 heavy (non-hydrogen) atoms. The number of hydrogen-bond acceptors (Lipinski definition) is 5. The molecule has 0 aromatic carbocycles. The molecule has 0 saturated heterocycles. The van der Waals surface area contributed by atoms with Crippen LogP contribution in [0.1, 0.15) is 77.6 Å². The van der Waals surface area contributed by atoms with Crippen LogP contribution < -0.4 is 4.72 Å². The maximum Gasteiger partial charge on any atom is 0.362 e. The molecular formula is C15H31NO5S. The molecular weight excluding hydrogens is 306 g/mol. The molecule has 0 aromatic rings. The Morgan fingerprint density at radius 1 is 0.955 bits per heavy atom. The highest BCUT2D eigenvalue weighted by molar-refractivity contribution is 7.85. The number of nitrogens with one attached hydrogen (secondary N) is 1. The van der Waals surface area contributed by atoms with E-state index in [0.29, 0.717) is 6.42 Å². The molecule has 0 saturated carbocycles. The van der Waals surface area contributed by atoms with Gasteiger partial charge in [0.25, 0.3) is 0 Å². The minimum Gasteiger partial charge on any atom is -0.396 e. The van der Waals surface area contributed by atoms with Crippen molar-refractivity contribution in [1.29, 1.82) is 0 Å². The Bertz CT molecular complexity index is 370. The molecule has 0 aliphatic carbocycles. The number of carbonyl (C=O) groups excluding carboxylic acids is 1. The minimum atomic E-state index is -4.02. The van der Waals surface area contributed by atoms with Gasteiger partial charge >= 0.3 is 10.3 Å². The number of rotatable bonds is 15. The molecule has 0 aliphatic rings.